The van der Waals surface area contributed by atoms with E-state index in [0.29, 0.717) is 0 Å². The zero-order valence-corrected chi connectivity index (χ0v) is 12.7. The lowest BCUT2D eigenvalue weighted by Gasteiger charge is -2.17. The molecular formula is C13H19BrN2S. The first-order chi connectivity index (χ1) is 8.13. The molecule has 0 bridgehead atoms. The first-order valence-electron chi connectivity index (χ1n) is 5.93. The molecule has 0 unspecified atom stereocenters. The molecule has 0 amide bonds. The zero-order chi connectivity index (χ0) is 12.7. The van der Waals surface area contributed by atoms with E-state index < -0.39 is 0 Å². The maximum absolute atomic E-state index is 5.24. The van der Waals surface area contributed by atoms with Crippen molar-refractivity contribution in [3.63, 3.8) is 0 Å². The van der Waals surface area contributed by atoms with Gasteiger partial charge in [0.05, 0.1) is 6.04 Å². The smallest absolute Gasteiger partial charge is 0.166 e. The Labute approximate surface area is 117 Å². The molecule has 1 aromatic rings. The summed E-state index contributed by atoms with van der Waals surface area (Å²) in [5.74, 6) is 0. The summed E-state index contributed by atoms with van der Waals surface area (Å²) in [6.45, 7) is 5.22. The summed E-state index contributed by atoms with van der Waals surface area (Å²) in [6.07, 6.45) is 2.33. The first kappa shape index (κ1) is 14.5. The van der Waals surface area contributed by atoms with Crippen molar-refractivity contribution in [3.8, 4) is 0 Å². The molecule has 17 heavy (non-hydrogen) atoms. The molecule has 94 valence electrons. The van der Waals surface area contributed by atoms with Gasteiger partial charge in [-0.1, -0.05) is 41.4 Å². The zero-order valence-electron chi connectivity index (χ0n) is 10.3. The van der Waals surface area contributed by atoms with Gasteiger partial charge in [0.1, 0.15) is 0 Å². The lowest BCUT2D eigenvalue weighted by Crippen LogP contribution is -2.37. The van der Waals surface area contributed by atoms with Gasteiger partial charge in [-0.25, -0.2) is 0 Å². The van der Waals surface area contributed by atoms with E-state index in [2.05, 4.69) is 52.5 Å². The van der Waals surface area contributed by atoms with Crippen molar-refractivity contribution >= 4 is 33.3 Å². The Morgan fingerprint density at radius 3 is 2.59 bits per heavy atom. The number of nitrogens with one attached hydrogen (secondary N) is 2. The van der Waals surface area contributed by atoms with E-state index in [0.717, 1.165) is 22.6 Å². The molecule has 0 aromatic heterocycles. The number of benzene rings is 1. The predicted molar refractivity (Wildman–Crippen MR) is 81.2 cm³/mol. The minimum Gasteiger partial charge on any atom is -0.363 e. The molecule has 1 rings (SSSR count). The predicted octanol–water partition coefficient (Wildman–Crippen LogP) is 3.77. The highest BCUT2D eigenvalue weighted by atomic mass is 79.9. The maximum Gasteiger partial charge on any atom is 0.166 e. The van der Waals surface area contributed by atoms with Crippen LogP contribution in [0, 0.1) is 0 Å². The number of thiocarbonyl (C=S) groups is 1. The SMILES string of the molecule is CCCCNC(=S)N[C@H](C)c1ccc(Br)cc1. The Hall–Kier alpha value is -0.610. The lowest BCUT2D eigenvalue weighted by molar-refractivity contribution is 0.682. The molecule has 0 saturated heterocycles. The molecule has 1 atom stereocenters. The van der Waals surface area contributed by atoms with Crippen LogP contribution in [0.5, 0.6) is 0 Å². The van der Waals surface area contributed by atoms with Crippen molar-refractivity contribution in [2.24, 2.45) is 0 Å². The third kappa shape index (κ3) is 5.50. The third-order valence-electron chi connectivity index (χ3n) is 2.53. The van der Waals surface area contributed by atoms with Crippen LogP contribution in [0.3, 0.4) is 0 Å². The van der Waals surface area contributed by atoms with Crippen LogP contribution in [0.2, 0.25) is 0 Å². The molecule has 1 aromatic carbocycles. The summed E-state index contributed by atoms with van der Waals surface area (Å²) in [5.41, 5.74) is 1.23. The van der Waals surface area contributed by atoms with Gasteiger partial charge in [0.2, 0.25) is 0 Å². The molecule has 0 spiro atoms. The van der Waals surface area contributed by atoms with Gasteiger partial charge in [-0.05, 0) is 43.3 Å². The number of hydrogen-bond donors (Lipinski definition) is 2. The van der Waals surface area contributed by atoms with Gasteiger partial charge in [0.25, 0.3) is 0 Å². The lowest BCUT2D eigenvalue weighted by atomic mass is 10.1. The van der Waals surface area contributed by atoms with Crippen LogP contribution < -0.4 is 10.6 Å². The highest BCUT2D eigenvalue weighted by Crippen LogP contribution is 2.16. The van der Waals surface area contributed by atoms with E-state index in [-0.39, 0.29) is 6.04 Å². The van der Waals surface area contributed by atoms with Crippen LogP contribution >= 0.6 is 28.1 Å². The second-order valence-corrected chi connectivity index (χ2v) is 5.35. The summed E-state index contributed by atoms with van der Waals surface area (Å²) >= 11 is 8.67. The maximum atomic E-state index is 5.24. The van der Waals surface area contributed by atoms with Crippen LogP contribution in [-0.4, -0.2) is 11.7 Å². The van der Waals surface area contributed by atoms with Crippen molar-refractivity contribution in [3.05, 3.63) is 34.3 Å². The average Bonchev–Trinajstić information content (AvgIpc) is 2.30. The third-order valence-corrected chi connectivity index (χ3v) is 3.32. The van der Waals surface area contributed by atoms with Gasteiger partial charge in [-0.15, -0.1) is 0 Å². The Morgan fingerprint density at radius 1 is 1.35 bits per heavy atom. The molecule has 4 heteroatoms. The van der Waals surface area contributed by atoms with Gasteiger partial charge in [0, 0.05) is 11.0 Å². The van der Waals surface area contributed by atoms with E-state index in [1.807, 2.05) is 12.1 Å². The number of rotatable bonds is 5. The standard InChI is InChI=1S/C13H19BrN2S/c1-3-4-9-15-13(17)16-10(2)11-5-7-12(14)8-6-11/h5-8,10H,3-4,9H2,1-2H3,(H2,15,16,17)/t10-/m1/s1. The molecule has 0 aliphatic carbocycles. The highest BCUT2D eigenvalue weighted by molar-refractivity contribution is 9.10. The quantitative estimate of drug-likeness (QED) is 0.639. The number of unbranched alkanes of at least 4 members (excludes halogenated alkanes) is 1. The largest absolute Gasteiger partial charge is 0.363 e. The average molecular weight is 315 g/mol. The summed E-state index contributed by atoms with van der Waals surface area (Å²) in [6, 6.07) is 8.50. The fourth-order valence-corrected chi connectivity index (χ4v) is 2.00. The normalized spacial score (nSPS) is 11.9. The molecule has 0 saturated carbocycles. The molecule has 0 fully saturated rings. The molecule has 2 nitrogen and oxygen atoms in total. The molecule has 0 aliphatic heterocycles. The minimum atomic E-state index is 0.227. The Bertz CT molecular complexity index is 351. The van der Waals surface area contributed by atoms with Gasteiger partial charge in [-0.3, -0.25) is 0 Å². The monoisotopic (exact) mass is 314 g/mol. The highest BCUT2D eigenvalue weighted by Gasteiger charge is 2.05. The van der Waals surface area contributed by atoms with Crippen molar-refractivity contribution in [2.45, 2.75) is 32.7 Å². The second-order valence-electron chi connectivity index (χ2n) is 4.03. The fraction of sp³-hybridized carbons (Fsp3) is 0.462. The molecule has 0 aliphatic rings. The van der Waals surface area contributed by atoms with E-state index in [4.69, 9.17) is 12.2 Å². The van der Waals surface area contributed by atoms with Crippen LogP contribution in [0.1, 0.15) is 38.3 Å². The van der Waals surface area contributed by atoms with Crippen LogP contribution in [-0.2, 0) is 0 Å². The van der Waals surface area contributed by atoms with Crippen molar-refractivity contribution < 1.29 is 0 Å². The topological polar surface area (TPSA) is 24.1 Å². The van der Waals surface area contributed by atoms with E-state index in [9.17, 15) is 0 Å². The van der Waals surface area contributed by atoms with Gasteiger partial charge < -0.3 is 10.6 Å². The first-order valence-corrected chi connectivity index (χ1v) is 7.13. The van der Waals surface area contributed by atoms with Crippen LogP contribution in [0.25, 0.3) is 0 Å². The molecular weight excluding hydrogens is 296 g/mol. The van der Waals surface area contributed by atoms with Crippen molar-refractivity contribution in [2.75, 3.05) is 6.54 Å². The van der Waals surface area contributed by atoms with E-state index in [1.54, 1.807) is 0 Å². The Morgan fingerprint density at radius 2 is 2.00 bits per heavy atom. The number of halogens is 1. The molecule has 0 heterocycles. The summed E-state index contributed by atoms with van der Waals surface area (Å²) in [4.78, 5) is 0. The van der Waals surface area contributed by atoms with E-state index >= 15 is 0 Å². The number of hydrogen-bond acceptors (Lipinski definition) is 1. The summed E-state index contributed by atoms with van der Waals surface area (Å²) in [5, 5.41) is 7.22. The van der Waals surface area contributed by atoms with E-state index in [1.165, 1.54) is 12.0 Å². The van der Waals surface area contributed by atoms with Gasteiger partial charge in [-0.2, -0.15) is 0 Å². The molecule has 2 N–H and O–H groups in total. The Balaban J connectivity index is 2.40. The van der Waals surface area contributed by atoms with Crippen LogP contribution in [0.4, 0.5) is 0 Å². The van der Waals surface area contributed by atoms with Gasteiger partial charge >= 0.3 is 0 Å². The van der Waals surface area contributed by atoms with Gasteiger partial charge in [0.15, 0.2) is 5.11 Å². The fourth-order valence-electron chi connectivity index (χ4n) is 1.46. The summed E-state index contributed by atoms with van der Waals surface area (Å²) in [7, 11) is 0. The van der Waals surface area contributed by atoms with Crippen molar-refractivity contribution in [1.82, 2.24) is 10.6 Å². The Kier molecular flexibility index (Phi) is 6.52. The second kappa shape index (κ2) is 7.67. The minimum absolute atomic E-state index is 0.227. The van der Waals surface area contributed by atoms with Crippen LogP contribution in [0.15, 0.2) is 28.7 Å². The summed E-state index contributed by atoms with van der Waals surface area (Å²) < 4.78 is 1.09. The van der Waals surface area contributed by atoms with Crippen molar-refractivity contribution in [1.29, 1.82) is 0 Å². The molecule has 0 radical (unpaired) electrons.